The van der Waals surface area contributed by atoms with Crippen molar-refractivity contribution in [2.45, 2.75) is 20.3 Å². The third-order valence-electron chi connectivity index (χ3n) is 3.55. The molecule has 2 N–H and O–H groups in total. The fourth-order valence-corrected chi connectivity index (χ4v) is 2.46. The predicted octanol–water partition coefficient (Wildman–Crippen LogP) is 2.16. The first-order valence-corrected chi connectivity index (χ1v) is 6.47. The number of nitrogen functional groups attached to an aromatic ring is 1. The highest BCUT2D eigenvalue weighted by atomic mass is 16.5. The lowest BCUT2D eigenvalue weighted by Crippen LogP contribution is -2.35. The zero-order valence-corrected chi connectivity index (χ0v) is 10.8. The molecule has 3 nitrogen and oxygen atoms in total. The number of fused-ring (bicyclic) bond motifs is 1. The Morgan fingerprint density at radius 2 is 2.12 bits per heavy atom. The number of nitrogens with zero attached hydrogens (tertiary/aromatic N) is 1. The van der Waals surface area contributed by atoms with Gasteiger partial charge in [0.05, 0.1) is 6.61 Å². The minimum absolute atomic E-state index is 0.562. The maximum Gasteiger partial charge on any atom is 0.124 e. The van der Waals surface area contributed by atoms with Crippen molar-refractivity contribution < 1.29 is 4.74 Å². The van der Waals surface area contributed by atoms with Crippen molar-refractivity contribution in [1.29, 1.82) is 0 Å². The number of hydrogen-bond acceptors (Lipinski definition) is 3. The average molecular weight is 234 g/mol. The summed E-state index contributed by atoms with van der Waals surface area (Å²) in [5.74, 6) is 1.54. The van der Waals surface area contributed by atoms with Crippen LogP contribution in [-0.4, -0.2) is 31.1 Å². The molecular formula is C14H22N2O. The largest absolute Gasteiger partial charge is 0.493 e. The van der Waals surface area contributed by atoms with E-state index in [9.17, 15) is 0 Å². The van der Waals surface area contributed by atoms with Gasteiger partial charge in [0.25, 0.3) is 0 Å². The highest BCUT2D eigenvalue weighted by Gasteiger charge is 2.22. The van der Waals surface area contributed by atoms with E-state index in [1.165, 1.54) is 5.56 Å². The van der Waals surface area contributed by atoms with E-state index in [1.807, 2.05) is 18.2 Å². The molecule has 94 valence electrons. The van der Waals surface area contributed by atoms with Crippen LogP contribution in [0.1, 0.15) is 19.4 Å². The quantitative estimate of drug-likeness (QED) is 0.811. The summed E-state index contributed by atoms with van der Waals surface area (Å²) >= 11 is 0. The summed E-state index contributed by atoms with van der Waals surface area (Å²) in [6.07, 6.45) is 1.04. The van der Waals surface area contributed by atoms with Gasteiger partial charge in [-0.05, 0) is 31.6 Å². The minimum Gasteiger partial charge on any atom is -0.493 e. The van der Waals surface area contributed by atoms with Gasteiger partial charge in [0.2, 0.25) is 0 Å². The average Bonchev–Trinajstić information content (AvgIpc) is 2.37. The minimum atomic E-state index is 0.562. The number of ether oxygens (including phenoxy) is 1. The van der Waals surface area contributed by atoms with E-state index in [0.717, 1.165) is 44.1 Å². The SMILES string of the molecule is CCN(CC)CC1COc2cccc(N)c2C1. The molecule has 3 heteroatoms. The topological polar surface area (TPSA) is 38.5 Å². The third-order valence-corrected chi connectivity index (χ3v) is 3.55. The van der Waals surface area contributed by atoms with Crippen molar-refractivity contribution in [1.82, 2.24) is 4.90 Å². The van der Waals surface area contributed by atoms with Gasteiger partial charge in [-0.1, -0.05) is 19.9 Å². The molecule has 1 aliphatic rings. The second kappa shape index (κ2) is 5.41. The lowest BCUT2D eigenvalue weighted by molar-refractivity contribution is 0.167. The van der Waals surface area contributed by atoms with Gasteiger partial charge in [-0.2, -0.15) is 0 Å². The van der Waals surface area contributed by atoms with Crippen molar-refractivity contribution >= 4 is 5.69 Å². The molecule has 0 bridgehead atoms. The van der Waals surface area contributed by atoms with Gasteiger partial charge in [-0.3, -0.25) is 0 Å². The Morgan fingerprint density at radius 1 is 1.35 bits per heavy atom. The van der Waals surface area contributed by atoms with Crippen LogP contribution in [0.25, 0.3) is 0 Å². The van der Waals surface area contributed by atoms with Crippen molar-refractivity contribution in [2.75, 3.05) is 32.0 Å². The van der Waals surface area contributed by atoms with Crippen molar-refractivity contribution in [3.63, 3.8) is 0 Å². The summed E-state index contributed by atoms with van der Waals surface area (Å²) in [7, 11) is 0. The zero-order valence-electron chi connectivity index (χ0n) is 10.8. The van der Waals surface area contributed by atoms with Gasteiger partial charge < -0.3 is 15.4 Å². The second-order valence-electron chi connectivity index (χ2n) is 4.69. The molecule has 1 atom stereocenters. The van der Waals surface area contributed by atoms with Crippen LogP contribution in [0.3, 0.4) is 0 Å². The van der Waals surface area contributed by atoms with Crippen LogP contribution in [0.2, 0.25) is 0 Å². The summed E-state index contributed by atoms with van der Waals surface area (Å²) < 4.78 is 5.80. The number of benzene rings is 1. The van der Waals surface area contributed by atoms with Crippen LogP contribution >= 0.6 is 0 Å². The molecule has 0 fully saturated rings. The molecule has 2 rings (SSSR count). The van der Waals surface area contributed by atoms with E-state index in [4.69, 9.17) is 10.5 Å². The molecule has 0 aromatic heterocycles. The second-order valence-corrected chi connectivity index (χ2v) is 4.69. The molecule has 17 heavy (non-hydrogen) atoms. The maximum atomic E-state index is 6.01. The van der Waals surface area contributed by atoms with Crippen LogP contribution in [0.5, 0.6) is 5.75 Å². The number of anilines is 1. The molecule has 0 spiro atoms. The van der Waals surface area contributed by atoms with Gasteiger partial charge in [0, 0.05) is 23.7 Å². The number of nitrogens with two attached hydrogens (primary N) is 1. The molecular weight excluding hydrogens is 212 g/mol. The summed E-state index contributed by atoms with van der Waals surface area (Å²) in [6.45, 7) is 8.52. The number of rotatable bonds is 4. The number of hydrogen-bond donors (Lipinski definition) is 1. The molecule has 1 heterocycles. The molecule has 0 aliphatic carbocycles. The Balaban J connectivity index is 2.05. The Labute approximate surface area is 104 Å². The van der Waals surface area contributed by atoms with Gasteiger partial charge in [-0.15, -0.1) is 0 Å². The zero-order chi connectivity index (χ0) is 12.3. The standard InChI is InChI=1S/C14H22N2O/c1-3-16(4-2)9-11-8-12-13(15)6-5-7-14(12)17-10-11/h5-7,11H,3-4,8-10,15H2,1-2H3. The van der Waals surface area contributed by atoms with Crippen molar-refractivity contribution in [3.05, 3.63) is 23.8 Å². The predicted molar refractivity (Wildman–Crippen MR) is 71.3 cm³/mol. The first-order valence-electron chi connectivity index (χ1n) is 6.47. The normalized spacial score (nSPS) is 18.9. The summed E-state index contributed by atoms with van der Waals surface area (Å²) in [5.41, 5.74) is 8.06. The fourth-order valence-electron chi connectivity index (χ4n) is 2.46. The fraction of sp³-hybridized carbons (Fsp3) is 0.571. The first-order chi connectivity index (χ1) is 8.24. The Bertz CT molecular complexity index is 374. The highest BCUT2D eigenvalue weighted by Crippen LogP contribution is 2.31. The molecule has 1 aromatic rings. The molecule has 0 amide bonds. The molecule has 1 unspecified atom stereocenters. The summed E-state index contributed by atoms with van der Waals surface area (Å²) in [5, 5.41) is 0. The van der Waals surface area contributed by atoms with Gasteiger partial charge >= 0.3 is 0 Å². The monoisotopic (exact) mass is 234 g/mol. The van der Waals surface area contributed by atoms with E-state index < -0.39 is 0 Å². The Kier molecular flexibility index (Phi) is 3.89. The van der Waals surface area contributed by atoms with E-state index in [1.54, 1.807) is 0 Å². The lowest BCUT2D eigenvalue weighted by atomic mass is 9.95. The Hall–Kier alpha value is -1.22. The molecule has 1 aromatic carbocycles. The van der Waals surface area contributed by atoms with Gasteiger partial charge in [0.15, 0.2) is 0 Å². The van der Waals surface area contributed by atoms with E-state index in [0.29, 0.717) is 5.92 Å². The maximum absolute atomic E-state index is 6.01. The van der Waals surface area contributed by atoms with Gasteiger partial charge in [0.1, 0.15) is 5.75 Å². The van der Waals surface area contributed by atoms with Crippen LogP contribution < -0.4 is 10.5 Å². The van der Waals surface area contributed by atoms with Crippen LogP contribution in [0.15, 0.2) is 18.2 Å². The van der Waals surface area contributed by atoms with Gasteiger partial charge in [-0.25, -0.2) is 0 Å². The summed E-state index contributed by atoms with van der Waals surface area (Å²) in [6, 6.07) is 5.93. The molecule has 0 radical (unpaired) electrons. The van der Waals surface area contributed by atoms with Crippen LogP contribution in [0, 0.1) is 5.92 Å². The van der Waals surface area contributed by atoms with Crippen LogP contribution in [-0.2, 0) is 6.42 Å². The third kappa shape index (κ3) is 2.72. The van der Waals surface area contributed by atoms with Crippen molar-refractivity contribution in [2.24, 2.45) is 5.92 Å². The van der Waals surface area contributed by atoms with E-state index in [-0.39, 0.29) is 0 Å². The molecule has 1 aliphatic heterocycles. The van der Waals surface area contributed by atoms with E-state index >= 15 is 0 Å². The van der Waals surface area contributed by atoms with Crippen LogP contribution in [0.4, 0.5) is 5.69 Å². The highest BCUT2D eigenvalue weighted by molar-refractivity contribution is 5.55. The first kappa shape index (κ1) is 12.2. The molecule has 0 saturated heterocycles. The Morgan fingerprint density at radius 3 is 2.82 bits per heavy atom. The molecule has 0 saturated carbocycles. The van der Waals surface area contributed by atoms with Crippen molar-refractivity contribution in [3.8, 4) is 5.75 Å². The smallest absolute Gasteiger partial charge is 0.124 e. The van der Waals surface area contributed by atoms with E-state index in [2.05, 4.69) is 18.7 Å². The summed E-state index contributed by atoms with van der Waals surface area (Å²) in [4.78, 5) is 2.44. The lowest BCUT2D eigenvalue weighted by Gasteiger charge is -2.30.